The van der Waals surface area contributed by atoms with Crippen LogP contribution in [0.3, 0.4) is 0 Å². The van der Waals surface area contributed by atoms with Gasteiger partial charge in [0.15, 0.2) is 0 Å². The van der Waals surface area contributed by atoms with Crippen LogP contribution in [0, 0.1) is 5.92 Å². The molecule has 0 aliphatic carbocycles. The molecule has 1 atom stereocenters. The Morgan fingerprint density at radius 2 is 2.26 bits per heavy atom. The molecular formula is C14H22N4O. The van der Waals surface area contributed by atoms with E-state index in [1.54, 1.807) is 0 Å². The number of carbonyl (C=O) groups excluding carboxylic acids is 1. The minimum atomic E-state index is 0.0992. The molecule has 1 saturated heterocycles. The van der Waals surface area contributed by atoms with E-state index in [4.69, 9.17) is 5.73 Å². The number of piperidine rings is 1. The first-order chi connectivity index (χ1) is 9.29. The van der Waals surface area contributed by atoms with E-state index >= 15 is 0 Å². The number of likely N-dealkylation sites (tertiary alicyclic amines) is 1. The SMILES string of the molecule is NCCNC(=O)C1CCCN(Cc2ccncc2)C1. The van der Waals surface area contributed by atoms with E-state index in [2.05, 4.69) is 15.2 Å². The van der Waals surface area contributed by atoms with Gasteiger partial charge in [-0.05, 0) is 37.1 Å². The summed E-state index contributed by atoms with van der Waals surface area (Å²) in [5.74, 6) is 0.243. The Morgan fingerprint density at radius 1 is 1.47 bits per heavy atom. The molecule has 2 heterocycles. The molecule has 5 nitrogen and oxygen atoms in total. The van der Waals surface area contributed by atoms with E-state index in [-0.39, 0.29) is 11.8 Å². The molecule has 1 aromatic rings. The fourth-order valence-corrected chi connectivity index (χ4v) is 2.50. The van der Waals surface area contributed by atoms with E-state index in [1.807, 2.05) is 24.5 Å². The molecule has 1 aromatic heterocycles. The molecule has 104 valence electrons. The number of carbonyl (C=O) groups is 1. The second-order valence-corrected chi connectivity index (χ2v) is 5.01. The third-order valence-electron chi connectivity index (χ3n) is 3.48. The number of aromatic nitrogens is 1. The van der Waals surface area contributed by atoms with Gasteiger partial charge in [0.25, 0.3) is 0 Å². The van der Waals surface area contributed by atoms with E-state index in [0.29, 0.717) is 13.1 Å². The number of pyridine rings is 1. The van der Waals surface area contributed by atoms with E-state index < -0.39 is 0 Å². The van der Waals surface area contributed by atoms with Crippen molar-refractivity contribution in [3.05, 3.63) is 30.1 Å². The molecule has 19 heavy (non-hydrogen) atoms. The third-order valence-corrected chi connectivity index (χ3v) is 3.48. The van der Waals surface area contributed by atoms with Crippen LogP contribution >= 0.6 is 0 Å². The van der Waals surface area contributed by atoms with Crippen LogP contribution in [-0.2, 0) is 11.3 Å². The Hall–Kier alpha value is -1.46. The third kappa shape index (κ3) is 4.29. The maximum absolute atomic E-state index is 12.0. The number of nitrogens with two attached hydrogens (primary N) is 1. The number of nitrogens with one attached hydrogen (secondary N) is 1. The van der Waals surface area contributed by atoms with Crippen LogP contribution in [0.5, 0.6) is 0 Å². The van der Waals surface area contributed by atoms with Gasteiger partial charge in [0, 0.05) is 38.6 Å². The van der Waals surface area contributed by atoms with Crippen LogP contribution in [0.4, 0.5) is 0 Å². The van der Waals surface area contributed by atoms with E-state index in [0.717, 1.165) is 32.5 Å². The number of hydrogen-bond acceptors (Lipinski definition) is 4. The first-order valence-corrected chi connectivity index (χ1v) is 6.88. The fourth-order valence-electron chi connectivity index (χ4n) is 2.50. The Labute approximate surface area is 114 Å². The molecule has 5 heteroatoms. The average Bonchev–Trinajstić information content (AvgIpc) is 2.46. The van der Waals surface area contributed by atoms with Gasteiger partial charge in [0.05, 0.1) is 5.92 Å². The maximum atomic E-state index is 12.0. The molecule has 3 N–H and O–H groups in total. The Balaban J connectivity index is 1.85. The minimum absolute atomic E-state index is 0.0992. The number of amides is 1. The fraction of sp³-hybridized carbons (Fsp3) is 0.571. The van der Waals surface area contributed by atoms with Crippen LogP contribution in [0.2, 0.25) is 0 Å². The molecule has 0 radical (unpaired) electrons. The maximum Gasteiger partial charge on any atom is 0.224 e. The van der Waals surface area contributed by atoms with Gasteiger partial charge in [-0.3, -0.25) is 14.7 Å². The summed E-state index contributed by atoms with van der Waals surface area (Å²) >= 11 is 0. The van der Waals surface area contributed by atoms with E-state index in [9.17, 15) is 4.79 Å². The van der Waals surface area contributed by atoms with Crippen LogP contribution < -0.4 is 11.1 Å². The minimum Gasteiger partial charge on any atom is -0.355 e. The highest BCUT2D eigenvalue weighted by Crippen LogP contribution is 2.18. The highest BCUT2D eigenvalue weighted by molar-refractivity contribution is 5.78. The van der Waals surface area contributed by atoms with Gasteiger partial charge in [0.1, 0.15) is 0 Å². The van der Waals surface area contributed by atoms with Crippen molar-refractivity contribution >= 4 is 5.91 Å². The van der Waals surface area contributed by atoms with Crippen molar-refractivity contribution in [2.45, 2.75) is 19.4 Å². The molecule has 1 fully saturated rings. The summed E-state index contributed by atoms with van der Waals surface area (Å²) in [6, 6.07) is 4.05. The summed E-state index contributed by atoms with van der Waals surface area (Å²) in [6.07, 6.45) is 5.67. The highest BCUT2D eigenvalue weighted by Gasteiger charge is 2.25. The van der Waals surface area contributed by atoms with Crippen molar-refractivity contribution in [2.75, 3.05) is 26.2 Å². The normalized spacial score (nSPS) is 20.2. The summed E-state index contributed by atoms with van der Waals surface area (Å²) in [6.45, 7) is 3.85. The molecule has 2 rings (SSSR count). The molecule has 1 amide bonds. The summed E-state index contributed by atoms with van der Waals surface area (Å²) in [7, 11) is 0. The standard InChI is InChI=1S/C14H22N4O/c15-5-8-17-14(19)13-2-1-9-18(11-13)10-12-3-6-16-7-4-12/h3-4,6-7,13H,1-2,5,8-11,15H2,(H,17,19). The lowest BCUT2D eigenvalue weighted by Crippen LogP contribution is -2.43. The average molecular weight is 262 g/mol. The van der Waals surface area contributed by atoms with Crippen LogP contribution in [0.1, 0.15) is 18.4 Å². The van der Waals surface area contributed by atoms with Crippen LogP contribution in [0.15, 0.2) is 24.5 Å². The predicted molar refractivity (Wildman–Crippen MR) is 74.3 cm³/mol. The number of rotatable bonds is 5. The molecule has 0 bridgehead atoms. The van der Waals surface area contributed by atoms with Crippen LogP contribution in [0.25, 0.3) is 0 Å². The molecule has 0 aromatic carbocycles. The van der Waals surface area contributed by atoms with Gasteiger partial charge >= 0.3 is 0 Å². The molecule has 1 aliphatic rings. The smallest absolute Gasteiger partial charge is 0.224 e. The Kier molecular flexibility index (Phi) is 5.30. The summed E-state index contributed by atoms with van der Waals surface area (Å²) in [5, 5.41) is 2.89. The van der Waals surface area contributed by atoms with Crippen molar-refractivity contribution < 1.29 is 4.79 Å². The van der Waals surface area contributed by atoms with Gasteiger partial charge in [-0.15, -0.1) is 0 Å². The lowest BCUT2D eigenvalue weighted by molar-refractivity contribution is -0.126. The van der Waals surface area contributed by atoms with Gasteiger partial charge < -0.3 is 11.1 Å². The van der Waals surface area contributed by atoms with Crippen LogP contribution in [-0.4, -0.2) is 42.0 Å². The molecular weight excluding hydrogens is 240 g/mol. The quantitative estimate of drug-likeness (QED) is 0.804. The Bertz CT molecular complexity index is 396. The molecule has 1 aliphatic heterocycles. The summed E-state index contributed by atoms with van der Waals surface area (Å²) in [4.78, 5) is 18.3. The van der Waals surface area contributed by atoms with Gasteiger partial charge in [-0.2, -0.15) is 0 Å². The van der Waals surface area contributed by atoms with Crippen molar-refractivity contribution in [1.82, 2.24) is 15.2 Å². The first kappa shape index (κ1) is 14.0. The lowest BCUT2D eigenvalue weighted by Gasteiger charge is -2.32. The molecule has 0 saturated carbocycles. The van der Waals surface area contributed by atoms with Crippen molar-refractivity contribution in [1.29, 1.82) is 0 Å². The predicted octanol–water partition coefficient (Wildman–Crippen LogP) is 0.368. The zero-order valence-corrected chi connectivity index (χ0v) is 11.2. The molecule has 1 unspecified atom stereocenters. The van der Waals surface area contributed by atoms with Crippen molar-refractivity contribution in [3.63, 3.8) is 0 Å². The largest absolute Gasteiger partial charge is 0.355 e. The second kappa shape index (κ2) is 7.21. The van der Waals surface area contributed by atoms with Gasteiger partial charge in [0.2, 0.25) is 5.91 Å². The van der Waals surface area contributed by atoms with Gasteiger partial charge in [-0.25, -0.2) is 0 Å². The van der Waals surface area contributed by atoms with Crippen molar-refractivity contribution in [2.24, 2.45) is 11.7 Å². The van der Waals surface area contributed by atoms with E-state index in [1.165, 1.54) is 5.56 Å². The second-order valence-electron chi connectivity index (χ2n) is 5.01. The summed E-state index contributed by atoms with van der Waals surface area (Å²) in [5.41, 5.74) is 6.65. The zero-order valence-electron chi connectivity index (χ0n) is 11.2. The first-order valence-electron chi connectivity index (χ1n) is 6.88. The van der Waals surface area contributed by atoms with Crippen molar-refractivity contribution in [3.8, 4) is 0 Å². The Morgan fingerprint density at radius 3 is 3.00 bits per heavy atom. The highest BCUT2D eigenvalue weighted by atomic mass is 16.1. The monoisotopic (exact) mass is 262 g/mol. The summed E-state index contributed by atoms with van der Waals surface area (Å²) < 4.78 is 0. The zero-order chi connectivity index (χ0) is 13.5. The number of hydrogen-bond donors (Lipinski definition) is 2. The number of nitrogens with zero attached hydrogens (tertiary/aromatic N) is 2. The van der Waals surface area contributed by atoms with Gasteiger partial charge in [-0.1, -0.05) is 0 Å². The lowest BCUT2D eigenvalue weighted by atomic mass is 9.96. The molecule has 0 spiro atoms. The topological polar surface area (TPSA) is 71.2 Å².